The van der Waals surface area contributed by atoms with Crippen LogP contribution in [0, 0.1) is 0 Å². The van der Waals surface area contributed by atoms with Crippen LogP contribution in [0.3, 0.4) is 0 Å². The van der Waals surface area contributed by atoms with Gasteiger partial charge in [0.2, 0.25) is 0 Å². The number of aromatic nitrogens is 3. The molecule has 0 radical (unpaired) electrons. The van der Waals surface area contributed by atoms with Crippen molar-refractivity contribution in [3.05, 3.63) is 152 Å². The topological polar surface area (TPSA) is 51.8 Å². The molecule has 0 aliphatic carbocycles. The molecule has 3 heterocycles. The van der Waals surface area contributed by atoms with Crippen LogP contribution in [-0.4, -0.2) is 15.0 Å². The zero-order valence-electron chi connectivity index (χ0n) is 25.6. The van der Waals surface area contributed by atoms with Gasteiger partial charge in [0.1, 0.15) is 11.2 Å². The van der Waals surface area contributed by atoms with E-state index in [0.717, 1.165) is 65.9 Å². The van der Waals surface area contributed by atoms with Crippen LogP contribution in [0.5, 0.6) is 0 Å². The van der Waals surface area contributed by atoms with Gasteiger partial charge >= 0.3 is 0 Å². The Balaban J connectivity index is 1.29. The summed E-state index contributed by atoms with van der Waals surface area (Å²) in [4.78, 5) is 15.7. The summed E-state index contributed by atoms with van der Waals surface area (Å²) >= 11 is 1.80. The van der Waals surface area contributed by atoms with Crippen LogP contribution < -0.4 is 0 Å². The number of hydrogen-bond donors (Lipinski definition) is 0. The van der Waals surface area contributed by atoms with E-state index in [9.17, 15) is 0 Å². The Morgan fingerprint density at radius 1 is 0.417 bits per heavy atom. The number of rotatable bonds is 4. The van der Waals surface area contributed by atoms with Crippen LogP contribution in [0.4, 0.5) is 0 Å². The number of fused-ring (bicyclic) bond motifs is 8. The van der Waals surface area contributed by atoms with Crippen molar-refractivity contribution in [2.45, 2.75) is 0 Å². The van der Waals surface area contributed by atoms with E-state index in [0.29, 0.717) is 17.5 Å². The Kier molecular flexibility index (Phi) is 6.01. The fourth-order valence-electron chi connectivity index (χ4n) is 6.90. The van der Waals surface area contributed by atoms with E-state index < -0.39 is 0 Å². The quantitative estimate of drug-likeness (QED) is 0.194. The van der Waals surface area contributed by atoms with Crippen molar-refractivity contribution in [3.8, 4) is 45.3 Å². The maximum absolute atomic E-state index is 6.55. The third kappa shape index (κ3) is 4.25. The van der Waals surface area contributed by atoms with Gasteiger partial charge in [0, 0.05) is 53.0 Å². The standard InChI is InChI=1S/C43H25N3OS/c1-3-12-26(13-4-1)29-24-34(39-31-18-9-10-21-36(31)48-37(39)25-29)43-45-41(28-15-5-2-6-16-28)44-42(46-43)33-19-11-20-35-38(33)32-23-22-27-14-7-8-17-30(27)40(32)47-35/h1-25H. The zero-order chi connectivity index (χ0) is 31.6. The summed E-state index contributed by atoms with van der Waals surface area (Å²) in [6, 6.07) is 52.6. The third-order valence-corrected chi connectivity index (χ3v) is 10.2. The molecule has 224 valence electrons. The SMILES string of the molecule is c1ccc(-c2cc(-c3nc(-c4ccccc4)nc(-c4cccc5oc6c7ccccc7ccc6c45)n3)c3c(c2)sc2ccccc23)cc1. The molecule has 5 heteroatoms. The number of thiophene rings is 1. The van der Waals surface area contributed by atoms with Crippen molar-refractivity contribution in [3.63, 3.8) is 0 Å². The normalized spacial score (nSPS) is 11.8. The van der Waals surface area contributed by atoms with Gasteiger partial charge in [-0.05, 0) is 46.8 Å². The van der Waals surface area contributed by atoms with Gasteiger partial charge in [-0.3, -0.25) is 0 Å². The third-order valence-electron chi connectivity index (χ3n) is 9.12. The highest BCUT2D eigenvalue weighted by atomic mass is 32.1. The van der Waals surface area contributed by atoms with Crippen molar-refractivity contribution in [2.75, 3.05) is 0 Å². The summed E-state index contributed by atoms with van der Waals surface area (Å²) in [6.45, 7) is 0. The minimum absolute atomic E-state index is 0.609. The molecular formula is C43H25N3OS. The lowest BCUT2D eigenvalue weighted by atomic mass is 9.98. The first-order valence-electron chi connectivity index (χ1n) is 15.9. The maximum atomic E-state index is 6.55. The molecule has 0 bridgehead atoms. The van der Waals surface area contributed by atoms with Crippen molar-refractivity contribution >= 4 is 64.2 Å². The van der Waals surface area contributed by atoms with Gasteiger partial charge in [-0.2, -0.15) is 0 Å². The fraction of sp³-hybridized carbons (Fsp3) is 0. The monoisotopic (exact) mass is 631 g/mol. The molecule has 0 unspecified atom stereocenters. The number of hydrogen-bond acceptors (Lipinski definition) is 5. The lowest BCUT2D eigenvalue weighted by Gasteiger charge is -2.12. The van der Waals surface area contributed by atoms with E-state index >= 15 is 0 Å². The van der Waals surface area contributed by atoms with Crippen LogP contribution in [0.15, 0.2) is 156 Å². The van der Waals surface area contributed by atoms with E-state index in [1.807, 2.05) is 30.3 Å². The molecule has 0 aliphatic rings. The largest absolute Gasteiger partial charge is 0.455 e. The average Bonchev–Trinajstić information content (AvgIpc) is 3.74. The first-order chi connectivity index (χ1) is 23.8. The Hall–Kier alpha value is -6.17. The summed E-state index contributed by atoms with van der Waals surface area (Å²) in [7, 11) is 0. The molecule has 0 spiro atoms. The molecule has 0 saturated heterocycles. The molecule has 10 aromatic rings. The van der Waals surface area contributed by atoms with Crippen LogP contribution in [0.1, 0.15) is 0 Å². The molecule has 7 aromatic carbocycles. The summed E-state index contributed by atoms with van der Waals surface area (Å²) in [5.41, 5.74) is 6.78. The number of nitrogens with zero attached hydrogens (tertiary/aromatic N) is 3. The Labute approximate surface area is 279 Å². The van der Waals surface area contributed by atoms with E-state index in [-0.39, 0.29) is 0 Å². The summed E-state index contributed by atoms with van der Waals surface area (Å²) in [6.07, 6.45) is 0. The lowest BCUT2D eigenvalue weighted by molar-refractivity contribution is 0.672. The summed E-state index contributed by atoms with van der Waals surface area (Å²) < 4.78 is 8.98. The van der Waals surface area contributed by atoms with Crippen molar-refractivity contribution in [1.82, 2.24) is 15.0 Å². The second kappa shape index (κ2) is 10.7. The number of furan rings is 1. The molecule has 0 N–H and O–H groups in total. The van der Waals surface area contributed by atoms with Crippen LogP contribution in [0.25, 0.3) is 98.2 Å². The molecule has 4 nitrogen and oxygen atoms in total. The maximum Gasteiger partial charge on any atom is 0.164 e. The molecule has 48 heavy (non-hydrogen) atoms. The van der Waals surface area contributed by atoms with Crippen molar-refractivity contribution < 1.29 is 4.42 Å². The van der Waals surface area contributed by atoms with Gasteiger partial charge in [-0.15, -0.1) is 11.3 Å². The lowest BCUT2D eigenvalue weighted by Crippen LogP contribution is -2.01. The second-order valence-electron chi connectivity index (χ2n) is 12.0. The minimum Gasteiger partial charge on any atom is -0.455 e. The van der Waals surface area contributed by atoms with Crippen molar-refractivity contribution in [1.29, 1.82) is 0 Å². The average molecular weight is 632 g/mol. The van der Waals surface area contributed by atoms with E-state index in [2.05, 4.69) is 121 Å². The Morgan fingerprint density at radius 3 is 1.94 bits per heavy atom. The van der Waals surface area contributed by atoms with Gasteiger partial charge in [-0.1, -0.05) is 121 Å². The number of benzene rings is 7. The van der Waals surface area contributed by atoms with Gasteiger partial charge in [-0.25, -0.2) is 15.0 Å². The molecular weight excluding hydrogens is 607 g/mol. The molecule has 0 aliphatic heterocycles. The highest BCUT2D eigenvalue weighted by Gasteiger charge is 2.21. The fourth-order valence-corrected chi connectivity index (χ4v) is 8.07. The molecule has 0 fully saturated rings. The van der Waals surface area contributed by atoms with Crippen molar-refractivity contribution in [2.24, 2.45) is 0 Å². The van der Waals surface area contributed by atoms with Crippen LogP contribution >= 0.6 is 11.3 Å². The summed E-state index contributed by atoms with van der Waals surface area (Å²) in [5, 5.41) is 6.63. The first kappa shape index (κ1) is 27.0. The molecule has 0 saturated carbocycles. The highest BCUT2D eigenvalue weighted by molar-refractivity contribution is 7.26. The predicted molar refractivity (Wildman–Crippen MR) is 199 cm³/mol. The Morgan fingerprint density at radius 2 is 1.10 bits per heavy atom. The molecule has 0 amide bonds. The van der Waals surface area contributed by atoms with E-state index in [1.165, 1.54) is 14.8 Å². The Bertz CT molecular complexity index is 2840. The molecule has 3 aromatic heterocycles. The van der Waals surface area contributed by atoms with Crippen LogP contribution in [0.2, 0.25) is 0 Å². The zero-order valence-corrected chi connectivity index (χ0v) is 26.4. The van der Waals surface area contributed by atoms with Gasteiger partial charge in [0.25, 0.3) is 0 Å². The minimum atomic E-state index is 0.609. The van der Waals surface area contributed by atoms with Gasteiger partial charge in [0.05, 0.1) is 0 Å². The smallest absolute Gasteiger partial charge is 0.164 e. The first-order valence-corrected chi connectivity index (χ1v) is 16.8. The van der Waals surface area contributed by atoms with E-state index in [1.54, 1.807) is 11.3 Å². The molecule has 0 atom stereocenters. The van der Waals surface area contributed by atoms with Gasteiger partial charge in [0.15, 0.2) is 17.5 Å². The van der Waals surface area contributed by atoms with Gasteiger partial charge < -0.3 is 4.42 Å². The summed E-state index contributed by atoms with van der Waals surface area (Å²) in [5.74, 6) is 1.88. The highest BCUT2D eigenvalue weighted by Crippen LogP contribution is 2.43. The predicted octanol–water partition coefficient (Wildman–Crippen LogP) is 12.0. The van der Waals surface area contributed by atoms with E-state index in [4.69, 9.17) is 19.4 Å². The van der Waals surface area contributed by atoms with Crippen LogP contribution in [-0.2, 0) is 0 Å². The molecule has 10 rings (SSSR count). The second-order valence-corrected chi connectivity index (χ2v) is 13.1.